The zero-order chi connectivity index (χ0) is 25.8. The number of fused-ring (bicyclic) bond motifs is 2. The molecule has 0 bridgehead atoms. The van der Waals surface area contributed by atoms with Gasteiger partial charge in [0.05, 0.1) is 11.7 Å². The molecular weight excluding hydrogens is 490 g/mol. The number of halogens is 2. The number of benzene rings is 1. The molecule has 1 amide bonds. The molecule has 5 aromatic rings. The van der Waals surface area contributed by atoms with Gasteiger partial charge in [-0.05, 0) is 61.6 Å². The molecule has 1 saturated carbocycles. The van der Waals surface area contributed by atoms with E-state index in [2.05, 4.69) is 25.1 Å². The number of pyridine rings is 2. The van der Waals surface area contributed by atoms with E-state index in [9.17, 15) is 13.6 Å². The van der Waals surface area contributed by atoms with Crippen molar-refractivity contribution in [2.24, 2.45) is 0 Å². The first-order valence-corrected chi connectivity index (χ1v) is 12.5. The highest BCUT2D eigenvalue weighted by molar-refractivity contribution is 5.98. The number of nitrogens with zero attached hydrogens (tertiary/aromatic N) is 7. The second kappa shape index (κ2) is 8.79. The number of carbonyl (C=O) groups excluding carboxylic acids is 1. The highest BCUT2D eigenvalue weighted by Crippen LogP contribution is 2.40. The minimum absolute atomic E-state index is 0.0498. The SMILES string of the molecule is O=C1c2cc(F)ccc2CN1[C@H]1CCC[C@@H](n2c(-c3ncccc3F)nc3cnc(-c4ncn[nH]4)cc32)C1. The van der Waals surface area contributed by atoms with Gasteiger partial charge in [0.2, 0.25) is 0 Å². The van der Waals surface area contributed by atoms with E-state index in [0.29, 0.717) is 41.4 Å². The molecule has 1 aromatic carbocycles. The summed E-state index contributed by atoms with van der Waals surface area (Å²) < 4.78 is 30.8. The molecule has 2 aliphatic rings. The molecule has 1 fully saturated rings. The summed E-state index contributed by atoms with van der Waals surface area (Å²) in [5.74, 6) is -0.0956. The Bertz CT molecular complexity index is 1680. The lowest BCUT2D eigenvalue weighted by Gasteiger charge is -2.36. The van der Waals surface area contributed by atoms with Crippen molar-refractivity contribution in [3.63, 3.8) is 0 Å². The van der Waals surface area contributed by atoms with Crippen LogP contribution in [-0.4, -0.2) is 51.5 Å². The summed E-state index contributed by atoms with van der Waals surface area (Å²) in [6, 6.07) is 9.06. The van der Waals surface area contributed by atoms with Gasteiger partial charge in [-0.25, -0.2) is 23.7 Å². The van der Waals surface area contributed by atoms with E-state index in [-0.39, 0.29) is 23.7 Å². The largest absolute Gasteiger partial charge is 0.331 e. The number of hydrogen-bond acceptors (Lipinski definition) is 6. The number of imidazole rings is 1. The maximum absolute atomic E-state index is 15.0. The van der Waals surface area contributed by atoms with Crippen LogP contribution in [0.25, 0.3) is 34.1 Å². The first kappa shape index (κ1) is 22.6. The van der Waals surface area contributed by atoms with Crippen molar-refractivity contribution in [2.45, 2.75) is 44.3 Å². The molecule has 5 heterocycles. The first-order chi connectivity index (χ1) is 18.6. The number of nitrogens with one attached hydrogen (secondary N) is 1. The highest BCUT2D eigenvalue weighted by Gasteiger charge is 2.37. The van der Waals surface area contributed by atoms with Crippen molar-refractivity contribution in [1.29, 1.82) is 0 Å². The third kappa shape index (κ3) is 3.65. The molecular formula is C27H22F2N8O. The quantitative estimate of drug-likeness (QED) is 0.374. The number of hydrogen-bond donors (Lipinski definition) is 1. The molecule has 0 spiro atoms. The van der Waals surface area contributed by atoms with Crippen LogP contribution in [0.4, 0.5) is 8.78 Å². The Balaban J connectivity index is 1.31. The van der Waals surface area contributed by atoms with Crippen molar-refractivity contribution >= 4 is 16.9 Å². The summed E-state index contributed by atoms with van der Waals surface area (Å²) in [6.07, 6.45) is 7.78. The lowest BCUT2D eigenvalue weighted by atomic mass is 9.89. The van der Waals surface area contributed by atoms with E-state index in [1.165, 1.54) is 24.5 Å². The van der Waals surface area contributed by atoms with Crippen molar-refractivity contribution in [3.05, 3.63) is 77.9 Å². The standard InChI is InChI=1S/C27H22F2N8O/c28-16-7-6-15-13-36(27(38)19(15)9-16)17-3-1-4-18(10-17)37-23-11-21(25-32-14-33-35-25)31-12-22(23)34-26(37)24-20(29)5-2-8-30-24/h2,5-9,11-12,14,17-18H,1,3-4,10,13H2,(H,32,33,35)/t17-,18+/m0/s1. The summed E-state index contributed by atoms with van der Waals surface area (Å²) in [5, 5.41) is 6.75. The second-order valence-electron chi connectivity index (χ2n) is 9.74. The Hall–Kier alpha value is -4.54. The number of carbonyl (C=O) groups is 1. The monoisotopic (exact) mass is 512 g/mol. The topological polar surface area (TPSA) is 105 Å². The van der Waals surface area contributed by atoms with Gasteiger partial charge in [0, 0.05) is 30.4 Å². The Morgan fingerprint density at radius 3 is 2.76 bits per heavy atom. The van der Waals surface area contributed by atoms with E-state index in [1.54, 1.807) is 24.5 Å². The fraction of sp³-hybridized carbons (Fsp3) is 0.259. The molecule has 0 unspecified atom stereocenters. The van der Waals surface area contributed by atoms with Crippen LogP contribution in [0, 0.1) is 11.6 Å². The van der Waals surface area contributed by atoms with Gasteiger partial charge in [0.15, 0.2) is 17.5 Å². The number of aromatic nitrogens is 7. The van der Waals surface area contributed by atoms with Crippen molar-refractivity contribution in [3.8, 4) is 23.0 Å². The molecule has 1 aliphatic heterocycles. The van der Waals surface area contributed by atoms with E-state index in [0.717, 1.165) is 30.3 Å². The molecule has 2 atom stereocenters. The number of amides is 1. The van der Waals surface area contributed by atoms with Crippen LogP contribution in [0.2, 0.25) is 0 Å². The summed E-state index contributed by atoms with van der Waals surface area (Å²) in [6.45, 7) is 0.456. The zero-order valence-corrected chi connectivity index (χ0v) is 20.2. The summed E-state index contributed by atoms with van der Waals surface area (Å²) in [5.41, 5.74) is 3.39. The van der Waals surface area contributed by atoms with Gasteiger partial charge in [-0.15, -0.1) is 0 Å². The van der Waals surface area contributed by atoms with Gasteiger partial charge in [0.25, 0.3) is 5.91 Å². The summed E-state index contributed by atoms with van der Waals surface area (Å²) in [4.78, 5) is 32.8. The van der Waals surface area contributed by atoms with Crippen molar-refractivity contribution in [2.75, 3.05) is 0 Å². The lowest BCUT2D eigenvalue weighted by Crippen LogP contribution is -2.39. The van der Waals surface area contributed by atoms with Crippen LogP contribution in [0.1, 0.15) is 47.6 Å². The number of rotatable bonds is 4. The number of H-pyrrole nitrogens is 1. The predicted molar refractivity (Wildman–Crippen MR) is 134 cm³/mol. The first-order valence-electron chi connectivity index (χ1n) is 12.5. The van der Waals surface area contributed by atoms with Crippen LogP contribution in [0.5, 0.6) is 0 Å². The Morgan fingerprint density at radius 2 is 1.92 bits per heavy atom. The molecule has 190 valence electrons. The van der Waals surface area contributed by atoms with E-state index in [1.807, 2.05) is 15.5 Å². The van der Waals surface area contributed by atoms with Crippen LogP contribution >= 0.6 is 0 Å². The maximum atomic E-state index is 15.0. The summed E-state index contributed by atoms with van der Waals surface area (Å²) >= 11 is 0. The minimum Gasteiger partial charge on any atom is -0.331 e. The second-order valence-corrected chi connectivity index (χ2v) is 9.74. The van der Waals surface area contributed by atoms with Crippen molar-refractivity contribution in [1.82, 2.24) is 39.6 Å². The molecule has 1 N–H and O–H groups in total. The van der Waals surface area contributed by atoms with Crippen LogP contribution in [0.3, 0.4) is 0 Å². The van der Waals surface area contributed by atoms with E-state index < -0.39 is 11.6 Å². The van der Waals surface area contributed by atoms with Gasteiger partial charge in [-0.2, -0.15) is 5.10 Å². The van der Waals surface area contributed by atoms with Crippen LogP contribution < -0.4 is 0 Å². The molecule has 0 radical (unpaired) electrons. The Kier molecular flexibility index (Phi) is 5.24. The lowest BCUT2D eigenvalue weighted by molar-refractivity contribution is 0.0630. The van der Waals surface area contributed by atoms with Gasteiger partial charge in [-0.3, -0.25) is 14.9 Å². The van der Waals surface area contributed by atoms with Crippen LogP contribution in [0.15, 0.2) is 55.1 Å². The van der Waals surface area contributed by atoms with Crippen LogP contribution in [-0.2, 0) is 6.54 Å². The van der Waals surface area contributed by atoms with Gasteiger partial charge in [-0.1, -0.05) is 6.07 Å². The van der Waals surface area contributed by atoms with Gasteiger partial charge < -0.3 is 9.47 Å². The third-order valence-electron chi connectivity index (χ3n) is 7.53. The average Bonchev–Trinajstić information content (AvgIpc) is 3.67. The Labute approximate surface area is 215 Å². The molecule has 11 heteroatoms. The fourth-order valence-electron chi connectivity index (χ4n) is 5.79. The van der Waals surface area contributed by atoms with E-state index >= 15 is 0 Å². The molecule has 1 aliphatic carbocycles. The van der Waals surface area contributed by atoms with Gasteiger partial charge >= 0.3 is 0 Å². The smallest absolute Gasteiger partial charge is 0.254 e. The Morgan fingerprint density at radius 1 is 1.03 bits per heavy atom. The molecule has 0 saturated heterocycles. The molecule has 38 heavy (non-hydrogen) atoms. The van der Waals surface area contributed by atoms with Crippen molar-refractivity contribution < 1.29 is 13.6 Å². The summed E-state index contributed by atoms with van der Waals surface area (Å²) in [7, 11) is 0. The highest BCUT2D eigenvalue weighted by atomic mass is 19.1. The molecule has 7 rings (SSSR count). The van der Waals surface area contributed by atoms with E-state index in [4.69, 9.17) is 4.98 Å². The fourth-order valence-corrected chi connectivity index (χ4v) is 5.79. The normalized spacial score (nSPS) is 19.3. The van der Waals surface area contributed by atoms with Gasteiger partial charge in [0.1, 0.15) is 29.0 Å². The zero-order valence-electron chi connectivity index (χ0n) is 20.2. The third-order valence-corrected chi connectivity index (χ3v) is 7.53. The molecule has 4 aromatic heterocycles. The predicted octanol–water partition coefficient (Wildman–Crippen LogP) is 4.70. The maximum Gasteiger partial charge on any atom is 0.254 e. The average molecular weight is 513 g/mol. The minimum atomic E-state index is -0.466. The molecule has 9 nitrogen and oxygen atoms in total. The number of aromatic amines is 1.